The minimum Gasteiger partial charge on any atom is -0.508 e. The van der Waals surface area contributed by atoms with E-state index in [0.717, 1.165) is 5.56 Å². The highest BCUT2D eigenvalue weighted by Crippen LogP contribution is 2.11. The van der Waals surface area contributed by atoms with Gasteiger partial charge in [0.1, 0.15) is 11.6 Å². The van der Waals surface area contributed by atoms with Crippen LogP contribution in [0, 0.1) is 0 Å². The van der Waals surface area contributed by atoms with Crippen LogP contribution < -0.4 is 10.6 Å². The normalized spacial score (nSPS) is 11.7. The Balaban J connectivity index is 1.83. The number of carbonyl (C=O) groups excluding carboxylic acids is 1. The fourth-order valence-corrected chi connectivity index (χ4v) is 1.85. The summed E-state index contributed by atoms with van der Waals surface area (Å²) in [5.74, 6) is 0.754. The van der Waals surface area contributed by atoms with Gasteiger partial charge in [-0.3, -0.25) is 5.32 Å². The largest absolute Gasteiger partial charge is 0.508 e. The van der Waals surface area contributed by atoms with E-state index in [1.807, 2.05) is 25.1 Å². The number of pyridine rings is 1. The molecular formula is C15H17N3O2. The van der Waals surface area contributed by atoms with Gasteiger partial charge in [0.25, 0.3) is 0 Å². The molecule has 0 fully saturated rings. The van der Waals surface area contributed by atoms with E-state index in [1.165, 1.54) is 0 Å². The summed E-state index contributed by atoms with van der Waals surface area (Å²) in [5.41, 5.74) is 1.05. The average Bonchev–Trinajstić information content (AvgIpc) is 2.42. The number of rotatable bonds is 4. The molecule has 0 saturated carbocycles. The Bertz CT molecular complexity index is 555. The number of hydrogen-bond donors (Lipinski definition) is 3. The van der Waals surface area contributed by atoms with Crippen molar-refractivity contribution in [2.45, 2.75) is 19.4 Å². The summed E-state index contributed by atoms with van der Waals surface area (Å²) in [6.45, 7) is 1.92. The first-order valence-electron chi connectivity index (χ1n) is 6.40. The Morgan fingerprint density at radius 2 is 2.00 bits per heavy atom. The van der Waals surface area contributed by atoms with Crippen LogP contribution >= 0.6 is 0 Å². The van der Waals surface area contributed by atoms with E-state index in [-0.39, 0.29) is 17.8 Å². The molecule has 1 aromatic heterocycles. The number of nitrogens with zero attached hydrogens (tertiary/aromatic N) is 1. The van der Waals surface area contributed by atoms with Gasteiger partial charge in [0.15, 0.2) is 0 Å². The van der Waals surface area contributed by atoms with Gasteiger partial charge in [-0.15, -0.1) is 0 Å². The second-order valence-corrected chi connectivity index (χ2v) is 4.59. The number of carbonyl (C=O) groups is 1. The lowest BCUT2D eigenvalue weighted by Crippen LogP contribution is -2.37. The summed E-state index contributed by atoms with van der Waals surface area (Å²) in [4.78, 5) is 15.8. The molecule has 0 aliphatic carbocycles. The maximum Gasteiger partial charge on any atom is 0.320 e. The number of phenols is 1. The predicted octanol–water partition coefficient (Wildman–Crippen LogP) is 2.54. The van der Waals surface area contributed by atoms with Crippen molar-refractivity contribution in [2.75, 3.05) is 5.32 Å². The average molecular weight is 271 g/mol. The van der Waals surface area contributed by atoms with Crippen LogP contribution in [0.3, 0.4) is 0 Å². The van der Waals surface area contributed by atoms with E-state index in [4.69, 9.17) is 0 Å². The summed E-state index contributed by atoms with van der Waals surface area (Å²) in [6, 6.07) is 12.0. The number of amides is 2. The molecule has 2 rings (SSSR count). The van der Waals surface area contributed by atoms with Gasteiger partial charge in [0.2, 0.25) is 0 Å². The van der Waals surface area contributed by atoms with Gasteiger partial charge in [-0.1, -0.05) is 18.2 Å². The Morgan fingerprint density at radius 3 is 2.65 bits per heavy atom. The van der Waals surface area contributed by atoms with Crippen LogP contribution in [0.4, 0.5) is 10.6 Å². The molecule has 0 radical (unpaired) electrons. The first-order chi connectivity index (χ1) is 9.63. The third kappa shape index (κ3) is 4.28. The quantitative estimate of drug-likeness (QED) is 0.800. The van der Waals surface area contributed by atoms with Gasteiger partial charge >= 0.3 is 6.03 Å². The van der Waals surface area contributed by atoms with Crippen molar-refractivity contribution >= 4 is 11.8 Å². The molecular weight excluding hydrogens is 254 g/mol. The molecule has 5 nitrogen and oxygen atoms in total. The van der Waals surface area contributed by atoms with E-state index < -0.39 is 0 Å². The van der Waals surface area contributed by atoms with Gasteiger partial charge in [0, 0.05) is 12.2 Å². The van der Waals surface area contributed by atoms with Crippen LogP contribution in [0.2, 0.25) is 0 Å². The third-order valence-electron chi connectivity index (χ3n) is 2.76. The van der Waals surface area contributed by atoms with E-state index in [0.29, 0.717) is 12.2 Å². The predicted molar refractivity (Wildman–Crippen MR) is 77.7 cm³/mol. The van der Waals surface area contributed by atoms with E-state index in [1.54, 1.807) is 30.5 Å². The van der Waals surface area contributed by atoms with Crippen LogP contribution in [0.1, 0.15) is 12.5 Å². The van der Waals surface area contributed by atoms with Gasteiger partial charge in [-0.25, -0.2) is 9.78 Å². The SMILES string of the molecule is C[C@H](Cc1ccc(O)cc1)NC(=O)Nc1ccccn1. The van der Waals surface area contributed by atoms with Gasteiger partial charge in [-0.2, -0.15) is 0 Å². The molecule has 0 unspecified atom stereocenters. The Hall–Kier alpha value is -2.56. The fourth-order valence-electron chi connectivity index (χ4n) is 1.85. The van der Waals surface area contributed by atoms with Crippen LogP contribution in [-0.4, -0.2) is 22.2 Å². The minimum atomic E-state index is -0.282. The zero-order chi connectivity index (χ0) is 14.4. The lowest BCUT2D eigenvalue weighted by Gasteiger charge is -2.14. The van der Waals surface area contributed by atoms with Crippen molar-refractivity contribution in [2.24, 2.45) is 0 Å². The van der Waals surface area contributed by atoms with Crippen molar-refractivity contribution in [1.29, 1.82) is 0 Å². The number of nitrogens with one attached hydrogen (secondary N) is 2. The number of aromatic hydroxyl groups is 1. The summed E-state index contributed by atoms with van der Waals surface area (Å²) in [5, 5.41) is 14.7. The first-order valence-corrected chi connectivity index (χ1v) is 6.40. The van der Waals surface area contributed by atoms with Crippen molar-refractivity contribution in [1.82, 2.24) is 10.3 Å². The smallest absolute Gasteiger partial charge is 0.320 e. The molecule has 0 aliphatic rings. The molecule has 3 N–H and O–H groups in total. The van der Waals surface area contributed by atoms with Crippen molar-refractivity contribution in [3.63, 3.8) is 0 Å². The van der Waals surface area contributed by atoms with Gasteiger partial charge < -0.3 is 10.4 Å². The maximum atomic E-state index is 11.8. The Labute approximate surface area is 117 Å². The number of anilines is 1. The lowest BCUT2D eigenvalue weighted by atomic mass is 10.1. The first kappa shape index (κ1) is 13.9. The van der Waals surface area contributed by atoms with Crippen LogP contribution in [0.25, 0.3) is 0 Å². The maximum absolute atomic E-state index is 11.8. The topological polar surface area (TPSA) is 74.2 Å². The monoisotopic (exact) mass is 271 g/mol. The number of benzene rings is 1. The van der Waals surface area contributed by atoms with Crippen LogP contribution in [0.15, 0.2) is 48.7 Å². The Morgan fingerprint density at radius 1 is 1.25 bits per heavy atom. The van der Waals surface area contributed by atoms with Gasteiger partial charge in [0.05, 0.1) is 0 Å². The fraction of sp³-hybridized carbons (Fsp3) is 0.200. The molecule has 0 saturated heterocycles. The number of aromatic nitrogens is 1. The zero-order valence-electron chi connectivity index (χ0n) is 11.2. The van der Waals surface area contributed by atoms with E-state index in [2.05, 4.69) is 15.6 Å². The molecule has 1 atom stereocenters. The molecule has 0 spiro atoms. The molecule has 1 heterocycles. The van der Waals surface area contributed by atoms with E-state index in [9.17, 15) is 9.90 Å². The third-order valence-corrected chi connectivity index (χ3v) is 2.76. The highest BCUT2D eigenvalue weighted by Gasteiger charge is 2.08. The molecule has 20 heavy (non-hydrogen) atoms. The number of urea groups is 1. The van der Waals surface area contributed by atoms with Crippen LogP contribution in [0.5, 0.6) is 5.75 Å². The number of phenolic OH excluding ortho intramolecular Hbond substituents is 1. The number of hydrogen-bond acceptors (Lipinski definition) is 3. The Kier molecular flexibility index (Phi) is 4.55. The summed E-state index contributed by atoms with van der Waals surface area (Å²) in [6.07, 6.45) is 2.31. The van der Waals surface area contributed by atoms with Crippen molar-refractivity contribution in [3.8, 4) is 5.75 Å². The van der Waals surface area contributed by atoms with Crippen molar-refractivity contribution in [3.05, 3.63) is 54.2 Å². The van der Waals surface area contributed by atoms with Gasteiger partial charge in [-0.05, 0) is 43.2 Å². The molecule has 0 bridgehead atoms. The molecule has 2 aromatic rings. The molecule has 5 heteroatoms. The molecule has 2 amide bonds. The summed E-state index contributed by atoms with van der Waals surface area (Å²) >= 11 is 0. The van der Waals surface area contributed by atoms with Crippen LogP contribution in [-0.2, 0) is 6.42 Å². The lowest BCUT2D eigenvalue weighted by molar-refractivity contribution is 0.249. The highest BCUT2D eigenvalue weighted by atomic mass is 16.3. The summed E-state index contributed by atoms with van der Waals surface area (Å²) in [7, 11) is 0. The minimum absolute atomic E-state index is 0.0248. The summed E-state index contributed by atoms with van der Waals surface area (Å²) < 4.78 is 0. The molecule has 0 aliphatic heterocycles. The highest BCUT2D eigenvalue weighted by molar-refractivity contribution is 5.88. The standard InChI is InChI=1S/C15H17N3O2/c1-11(10-12-5-7-13(19)8-6-12)17-15(20)18-14-4-2-3-9-16-14/h2-9,11,19H,10H2,1H3,(H2,16,17,18,20)/t11-/m1/s1. The second-order valence-electron chi connectivity index (χ2n) is 4.59. The molecule has 1 aromatic carbocycles. The molecule has 104 valence electrons. The van der Waals surface area contributed by atoms with E-state index >= 15 is 0 Å². The van der Waals surface area contributed by atoms with Crippen molar-refractivity contribution < 1.29 is 9.90 Å². The zero-order valence-corrected chi connectivity index (χ0v) is 11.2. The second kappa shape index (κ2) is 6.56.